The van der Waals surface area contributed by atoms with Gasteiger partial charge in [0, 0.05) is 6.54 Å². The van der Waals surface area contributed by atoms with Gasteiger partial charge in [-0.2, -0.15) is 0 Å². The minimum atomic E-state index is -0.392. The van der Waals surface area contributed by atoms with Crippen molar-refractivity contribution in [1.82, 2.24) is 5.32 Å². The third kappa shape index (κ3) is 2.65. The maximum atomic E-state index is 13.0. The maximum Gasteiger partial charge on any atom is 0.244 e. The summed E-state index contributed by atoms with van der Waals surface area (Å²) in [5, 5.41) is 3.43. The minimum Gasteiger partial charge on any atom is -0.310 e. The summed E-state index contributed by atoms with van der Waals surface area (Å²) in [5.41, 5.74) is 0.589. The third-order valence-electron chi connectivity index (χ3n) is 3.09. The van der Waals surface area contributed by atoms with Crippen LogP contribution in [-0.2, 0) is 4.79 Å². The van der Waals surface area contributed by atoms with E-state index in [1.54, 1.807) is 11.0 Å². The standard InChI is InChI=1S/C13H16ClFN2O/c1-2-16-11-4-3-7-17(13(11)18)12-6-5-9(15)8-10(12)14/h5-6,8,11,16H,2-4,7H2,1H3. The van der Waals surface area contributed by atoms with Gasteiger partial charge in [-0.25, -0.2) is 4.39 Å². The molecule has 1 N–H and O–H groups in total. The lowest BCUT2D eigenvalue weighted by molar-refractivity contribution is -0.121. The van der Waals surface area contributed by atoms with Crippen LogP contribution in [-0.4, -0.2) is 25.0 Å². The number of amides is 1. The van der Waals surface area contributed by atoms with E-state index in [1.807, 2.05) is 6.92 Å². The van der Waals surface area contributed by atoms with E-state index >= 15 is 0 Å². The quantitative estimate of drug-likeness (QED) is 0.916. The van der Waals surface area contributed by atoms with E-state index in [9.17, 15) is 9.18 Å². The number of piperidine rings is 1. The molecule has 98 valence electrons. The summed E-state index contributed by atoms with van der Waals surface area (Å²) in [6.07, 6.45) is 1.75. The topological polar surface area (TPSA) is 32.3 Å². The van der Waals surface area contributed by atoms with E-state index in [1.165, 1.54) is 12.1 Å². The van der Waals surface area contributed by atoms with Crippen molar-refractivity contribution in [2.75, 3.05) is 18.0 Å². The van der Waals surface area contributed by atoms with Crippen LogP contribution in [0.2, 0.25) is 5.02 Å². The number of likely N-dealkylation sites (N-methyl/N-ethyl adjacent to an activating group) is 1. The molecule has 1 amide bonds. The van der Waals surface area contributed by atoms with Crippen molar-refractivity contribution in [3.63, 3.8) is 0 Å². The van der Waals surface area contributed by atoms with Gasteiger partial charge in [0.05, 0.1) is 16.8 Å². The molecule has 1 fully saturated rings. The fourth-order valence-corrected chi connectivity index (χ4v) is 2.52. The molecular weight excluding hydrogens is 255 g/mol. The van der Waals surface area contributed by atoms with Gasteiger partial charge in [0.1, 0.15) is 5.82 Å². The number of halogens is 2. The number of nitrogens with one attached hydrogen (secondary N) is 1. The van der Waals surface area contributed by atoms with Crippen molar-refractivity contribution >= 4 is 23.2 Å². The Bertz CT molecular complexity index is 451. The fourth-order valence-electron chi connectivity index (χ4n) is 2.25. The molecule has 0 spiro atoms. The monoisotopic (exact) mass is 270 g/mol. The Morgan fingerprint density at radius 1 is 1.56 bits per heavy atom. The summed E-state index contributed by atoms with van der Waals surface area (Å²) in [7, 11) is 0. The number of anilines is 1. The van der Waals surface area contributed by atoms with Crippen LogP contribution in [0.25, 0.3) is 0 Å². The van der Waals surface area contributed by atoms with Gasteiger partial charge >= 0.3 is 0 Å². The van der Waals surface area contributed by atoms with Crippen molar-refractivity contribution in [1.29, 1.82) is 0 Å². The van der Waals surface area contributed by atoms with E-state index in [0.29, 0.717) is 12.2 Å². The lowest BCUT2D eigenvalue weighted by atomic mass is 10.0. The highest BCUT2D eigenvalue weighted by Crippen LogP contribution is 2.29. The Balaban J connectivity index is 2.24. The van der Waals surface area contributed by atoms with E-state index in [-0.39, 0.29) is 17.0 Å². The Labute approximate surface area is 111 Å². The second-order valence-electron chi connectivity index (χ2n) is 4.34. The molecule has 1 aliphatic rings. The van der Waals surface area contributed by atoms with Crippen molar-refractivity contribution < 1.29 is 9.18 Å². The molecule has 1 atom stereocenters. The highest BCUT2D eigenvalue weighted by atomic mass is 35.5. The molecule has 1 aromatic carbocycles. The van der Waals surface area contributed by atoms with Crippen LogP contribution in [0.15, 0.2) is 18.2 Å². The van der Waals surface area contributed by atoms with E-state index in [0.717, 1.165) is 19.4 Å². The molecule has 1 aliphatic heterocycles. The van der Waals surface area contributed by atoms with Crippen molar-refractivity contribution in [3.8, 4) is 0 Å². The van der Waals surface area contributed by atoms with Crippen LogP contribution < -0.4 is 10.2 Å². The molecule has 0 bridgehead atoms. The Morgan fingerprint density at radius 2 is 2.33 bits per heavy atom. The first-order chi connectivity index (χ1) is 8.63. The van der Waals surface area contributed by atoms with E-state index < -0.39 is 5.82 Å². The maximum absolute atomic E-state index is 13.0. The van der Waals surface area contributed by atoms with Gasteiger partial charge in [-0.3, -0.25) is 4.79 Å². The highest BCUT2D eigenvalue weighted by Gasteiger charge is 2.29. The molecule has 1 aromatic rings. The van der Waals surface area contributed by atoms with E-state index in [2.05, 4.69) is 5.32 Å². The van der Waals surface area contributed by atoms with Crippen LogP contribution in [0.5, 0.6) is 0 Å². The lowest BCUT2D eigenvalue weighted by Gasteiger charge is -2.33. The summed E-state index contributed by atoms with van der Waals surface area (Å²) in [6.45, 7) is 3.35. The number of hydrogen-bond donors (Lipinski definition) is 1. The Morgan fingerprint density at radius 3 is 3.00 bits per heavy atom. The second-order valence-corrected chi connectivity index (χ2v) is 4.75. The van der Waals surface area contributed by atoms with Crippen molar-refractivity contribution in [2.24, 2.45) is 0 Å². The zero-order valence-corrected chi connectivity index (χ0v) is 11.0. The predicted molar refractivity (Wildman–Crippen MR) is 70.5 cm³/mol. The van der Waals surface area contributed by atoms with Crippen LogP contribution in [0.3, 0.4) is 0 Å². The SMILES string of the molecule is CCNC1CCCN(c2ccc(F)cc2Cl)C1=O. The fraction of sp³-hybridized carbons (Fsp3) is 0.462. The highest BCUT2D eigenvalue weighted by molar-refractivity contribution is 6.33. The number of rotatable bonds is 3. The summed E-state index contributed by atoms with van der Waals surface area (Å²) < 4.78 is 13.0. The van der Waals surface area contributed by atoms with Crippen molar-refractivity contribution in [2.45, 2.75) is 25.8 Å². The summed E-state index contributed by atoms with van der Waals surface area (Å²) in [4.78, 5) is 13.9. The molecule has 5 heteroatoms. The molecule has 3 nitrogen and oxygen atoms in total. The number of carbonyl (C=O) groups is 1. The number of carbonyl (C=O) groups excluding carboxylic acids is 1. The zero-order chi connectivity index (χ0) is 13.1. The largest absolute Gasteiger partial charge is 0.310 e. The van der Waals surface area contributed by atoms with Gasteiger partial charge < -0.3 is 10.2 Å². The van der Waals surface area contributed by atoms with Crippen LogP contribution in [0.4, 0.5) is 10.1 Å². The molecular formula is C13H16ClFN2O. The smallest absolute Gasteiger partial charge is 0.244 e. The van der Waals surface area contributed by atoms with Crippen molar-refractivity contribution in [3.05, 3.63) is 29.0 Å². The third-order valence-corrected chi connectivity index (χ3v) is 3.39. The first-order valence-electron chi connectivity index (χ1n) is 6.13. The van der Waals surface area contributed by atoms with Crippen LogP contribution >= 0.6 is 11.6 Å². The normalized spacial score (nSPS) is 20.3. The Kier molecular flexibility index (Phi) is 4.19. The summed E-state index contributed by atoms with van der Waals surface area (Å²) >= 11 is 6.00. The second kappa shape index (κ2) is 5.67. The van der Waals surface area contributed by atoms with Gasteiger partial charge in [0.15, 0.2) is 0 Å². The summed E-state index contributed by atoms with van der Waals surface area (Å²) in [5.74, 6) is -0.381. The number of benzene rings is 1. The van der Waals surface area contributed by atoms with Gasteiger partial charge in [0.25, 0.3) is 0 Å². The molecule has 0 aliphatic carbocycles. The average molecular weight is 271 g/mol. The van der Waals surface area contributed by atoms with Gasteiger partial charge in [-0.15, -0.1) is 0 Å². The molecule has 1 saturated heterocycles. The van der Waals surface area contributed by atoms with E-state index in [4.69, 9.17) is 11.6 Å². The Hall–Kier alpha value is -1.13. The predicted octanol–water partition coefficient (Wildman–Crippen LogP) is 2.58. The van der Waals surface area contributed by atoms with Crippen LogP contribution in [0, 0.1) is 5.82 Å². The molecule has 1 unspecified atom stereocenters. The first kappa shape index (κ1) is 13.3. The van der Waals surface area contributed by atoms with Crippen LogP contribution in [0.1, 0.15) is 19.8 Å². The molecule has 0 radical (unpaired) electrons. The molecule has 0 aromatic heterocycles. The summed E-state index contributed by atoms with van der Waals surface area (Å²) in [6, 6.07) is 3.96. The van der Waals surface area contributed by atoms with Gasteiger partial charge in [0.2, 0.25) is 5.91 Å². The average Bonchev–Trinajstić information content (AvgIpc) is 2.33. The number of hydrogen-bond acceptors (Lipinski definition) is 2. The zero-order valence-electron chi connectivity index (χ0n) is 10.2. The minimum absolute atomic E-state index is 0.0107. The first-order valence-corrected chi connectivity index (χ1v) is 6.51. The molecule has 2 rings (SSSR count). The lowest BCUT2D eigenvalue weighted by Crippen LogP contribution is -2.50. The molecule has 18 heavy (non-hydrogen) atoms. The van der Waals surface area contributed by atoms with Gasteiger partial charge in [-0.05, 0) is 37.6 Å². The molecule has 0 saturated carbocycles. The van der Waals surface area contributed by atoms with Gasteiger partial charge in [-0.1, -0.05) is 18.5 Å². The number of nitrogens with zero attached hydrogens (tertiary/aromatic N) is 1. The molecule has 1 heterocycles.